The number of carbonyl (C=O) groups is 1. The van der Waals surface area contributed by atoms with Crippen LogP contribution in [0.5, 0.6) is 0 Å². The molecule has 2 heterocycles. The Balaban J connectivity index is 1.57. The highest BCUT2D eigenvalue weighted by atomic mass is 16.6. The standard InChI is InChI=1S/C23H27NO3/c1-17-9-11-19(12-10-17)18(2)24-14-13-23(27-21(24)25,15-22(3)16-26-22)20-7-5-4-6-8-20/h4-12,18H,13-16H2,1-3H3/t18-,22?,23-/m0/s1. The van der Waals surface area contributed by atoms with Crippen LogP contribution in [0.3, 0.4) is 0 Å². The lowest BCUT2D eigenvalue weighted by Gasteiger charge is -2.44. The Morgan fingerprint density at radius 1 is 1.11 bits per heavy atom. The van der Waals surface area contributed by atoms with Crippen molar-refractivity contribution in [3.8, 4) is 0 Å². The van der Waals surface area contributed by atoms with Crippen LogP contribution in [-0.2, 0) is 15.1 Å². The molecule has 0 N–H and O–H groups in total. The molecule has 0 spiro atoms. The Morgan fingerprint density at radius 2 is 1.78 bits per heavy atom. The number of nitrogens with zero attached hydrogens (tertiary/aromatic N) is 1. The van der Waals surface area contributed by atoms with Crippen LogP contribution in [-0.4, -0.2) is 29.7 Å². The number of epoxide rings is 1. The first-order valence-electron chi connectivity index (χ1n) is 9.67. The van der Waals surface area contributed by atoms with Crippen LogP contribution < -0.4 is 0 Å². The molecule has 2 aromatic rings. The minimum atomic E-state index is -0.618. The highest BCUT2D eigenvalue weighted by molar-refractivity contribution is 5.70. The molecule has 0 bridgehead atoms. The lowest BCUT2D eigenvalue weighted by Crippen LogP contribution is -2.50. The van der Waals surface area contributed by atoms with Crippen molar-refractivity contribution in [3.05, 3.63) is 71.3 Å². The van der Waals surface area contributed by atoms with Gasteiger partial charge in [-0.3, -0.25) is 0 Å². The summed E-state index contributed by atoms with van der Waals surface area (Å²) in [6.07, 6.45) is 1.21. The Hall–Kier alpha value is -2.33. The summed E-state index contributed by atoms with van der Waals surface area (Å²) in [5.74, 6) is 0. The van der Waals surface area contributed by atoms with E-state index in [4.69, 9.17) is 9.47 Å². The van der Waals surface area contributed by atoms with Crippen molar-refractivity contribution in [2.45, 2.75) is 50.9 Å². The normalized spacial score (nSPS) is 28.6. The molecule has 1 unspecified atom stereocenters. The third kappa shape index (κ3) is 3.59. The summed E-state index contributed by atoms with van der Waals surface area (Å²) in [6, 6.07) is 18.4. The molecule has 0 saturated carbocycles. The van der Waals surface area contributed by atoms with Gasteiger partial charge in [-0.2, -0.15) is 0 Å². The summed E-state index contributed by atoms with van der Waals surface area (Å²) >= 11 is 0. The molecule has 1 amide bonds. The average Bonchev–Trinajstić information content (AvgIpc) is 3.39. The van der Waals surface area contributed by atoms with Crippen LogP contribution in [0.25, 0.3) is 0 Å². The molecule has 2 aliphatic heterocycles. The molecule has 2 aromatic carbocycles. The van der Waals surface area contributed by atoms with E-state index in [1.54, 1.807) is 0 Å². The van der Waals surface area contributed by atoms with Gasteiger partial charge in [-0.15, -0.1) is 0 Å². The second-order valence-corrected chi connectivity index (χ2v) is 8.17. The zero-order chi connectivity index (χ0) is 19.1. The smallest absolute Gasteiger partial charge is 0.411 e. The first kappa shape index (κ1) is 18.1. The van der Waals surface area contributed by atoms with Crippen molar-refractivity contribution in [1.29, 1.82) is 0 Å². The summed E-state index contributed by atoms with van der Waals surface area (Å²) in [7, 11) is 0. The third-order valence-corrected chi connectivity index (χ3v) is 5.90. The Labute approximate surface area is 161 Å². The molecule has 2 fully saturated rings. The minimum Gasteiger partial charge on any atom is -0.438 e. The molecule has 2 saturated heterocycles. The number of hydrogen-bond acceptors (Lipinski definition) is 3. The Kier molecular flexibility index (Phi) is 4.47. The number of cyclic esters (lactones) is 1. The molecule has 4 rings (SSSR count). The van der Waals surface area contributed by atoms with Crippen LogP contribution in [0.2, 0.25) is 0 Å². The monoisotopic (exact) mass is 365 g/mol. The largest absolute Gasteiger partial charge is 0.438 e. The van der Waals surface area contributed by atoms with Crippen LogP contribution in [0.1, 0.15) is 49.4 Å². The molecule has 27 heavy (non-hydrogen) atoms. The number of carbonyl (C=O) groups excluding carboxylic acids is 1. The van der Waals surface area contributed by atoms with E-state index in [1.165, 1.54) is 5.56 Å². The first-order valence-corrected chi connectivity index (χ1v) is 9.67. The fraction of sp³-hybridized carbons (Fsp3) is 0.435. The van der Waals surface area contributed by atoms with Gasteiger partial charge < -0.3 is 14.4 Å². The van der Waals surface area contributed by atoms with Crippen molar-refractivity contribution in [2.75, 3.05) is 13.2 Å². The SMILES string of the molecule is Cc1ccc([C@H](C)N2CC[C@](CC3(C)CO3)(c3ccccc3)OC2=O)cc1. The number of aryl methyl sites for hydroxylation is 1. The zero-order valence-electron chi connectivity index (χ0n) is 16.3. The third-order valence-electron chi connectivity index (χ3n) is 5.90. The number of benzene rings is 2. The van der Waals surface area contributed by atoms with Crippen molar-refractivity contribution in [2.24, 2.45) is 0 Å². The van der Waals surface area contributed by atoms with E-state index >= 15 is 0 Å². The van der Waals surface area contributed by atoms with Crippen molar-refractivity contribution in [1.82, 2.24) is 4.90 Å². The van der Waals surface area contributed by atoms with Gasteiger partial charge in [0.2, 0.25) is 0 Å². The van der Waals surface area contributed by atoms with Gasteiger partial charge in [-0.05, 0) is 31.9 Å². The molecular formula is C23H27NO3. The van der Waals surface area contributed by atoms with Crippen LogP contribution in [0.4, 0.5) is 4.79 Å². The first-order chi connectivity index (χ1) is 12.9. The predicted molar refractivity (Wildman–Crippen MR) is 104 cm³/mol. The fourth-order valence-corrected chi connectivity index (χ4v) is 4.05. The maximum absolute atomic E-state index is 13.0. The van der Waals surface area contributed by atoms with Gasteiger partial charge in [-0.25, -0.2) is 4.79 Å². The van der Waals surface area contributed by atoms with Crippen molar-refractivity contribution in [3.63, 3.8) is 0 Å². The van der Waals surface area contributed by atoms with Gasteiger partial charge in [-0.1, -0.05) is 60.2 Å². The summed E-state index contributed by atoms with van der Waals surface area (Å²) in [6.45, 7) is 7.61. The van der Waals surface area contributed by atoms with Gasteiger partial charge in [0.1, 0.15) is 5.60 Å². The second-order valence-electron chi connectivity index (χ2n) is 8.17. The van der Waals surface area contributed by atoms with Crippen LogP contribution in [0.15, 0.2) is 54.6 Å². The second kappa shape index (κ2) is 6.68. The van der Waals surface area contributed by atoms with Gasteiger partial charge in [0.05, 0.1) is 18.2 Å². The van der Waals surface area contributed by atoms with Gasteiger partial charge in [0, 0.05) is 19.4 Å². The molecule has 4 heteroatoms. The topological polar surface area (TPSA) is 42.1 Å². The Morgan fingerprint density at radius 3 is 2.37 bits per heavy atom. The van der Waals surface area contributed by atoms with E-state index in [0.717, 1.165) is 24.2 Å². The summed E-state index contributed by atoms with van der Waals surface area (Å²) in [5, 5.41) is 0. The fourth-order valence-electron chi connectivity index (χ4n) is 4.05. The van der Waals surface area contributed by atoms with E-state index in [9.17, 15) is 4.79 Å². The quantitative estimate of drug-likeness (QED) is 0.702. The van der Waals surface area contributed by atoms with Gasteiger partial charge >= 0.3 is 6.09 Å². The number of ether oxygens (including phenoxy) is 2. The Bertz CT molecular complexity index is 813. The minimum absolute atomic E-state index is 0.0142. The average molecular weight is 365 g/mol. The highest BCUT2D eigenvalue weighted by Gasteiger charge is 2.52. The van der Waals surface area contributed by atoms with E-state index in [1.807, 2.05) is 23.1 Å². The van der Waals surface area contributed by atoms with Crippen molar-refractivity contribution >= 4 is 6.09 Å². The molecule has 142 valence electrons. The zero-order valence-corrected chi connectivity index (χ0v) is 16.3. The number of hydrogen-bond donors (Lipinski definition) is 0. The van der Waals surface area contributed by atoms with Crippen LogP contribution in [0, 0.1) is 6.92 Å². The number of amides is 1. The molecule has 0 radical (unpaired) electrons. The lowest BCUT2D eigenvalue weighted by atomic mass is 9.81. The van der Waals surface area contributed by atoms with E-state index in [-0.39, 0.29) is 17.7 Å². The van der Waals surface area contributed by atoms with E-state index in [2.05, 4.69) is 57.2 Å². The van der Waals surface area contributed by atoms with Gasteiger partial charge in [0.15, 0.2) is 0 Å². The molecular weight excluding hydrogens is 338 g/mol. The van der Waals surface area contributed by atoms with Crippen LogP contribution >= 0.6 is 0 Å². The highest BCUT2D eigenvalue weighted by Crippen LogP contribution is 2.46. The predicted octanol–water partition coefficient (Wildman–Crippen LogP) is 4.97. The van der Waals surface area contributed by atoms with Gasteiger partial charge in [0.25, 0.3) is 0 Å². The summed E-state index contributed by atoms with van der Waals surface area (Å²) in [4.78, 5) is 14.9. The molecule has 4 nitrogen and oxygen atoms in total. The van der Waals surface area contributed by atoms with E-state index < -0.39 is 5.60 Å². The molecule has 0 aromatic heterocycles. The summed E-state index contributed by atoms with van der Waals surface area (Å²) < 4.78 is 11.8. The lowest BCUT2D eigenvalue weighted by molar-refractivity contribution is -0.0750. The van der Waals surface area contributed by atoms with Crippen molar-refractivity contribution < 1.29 is 14.3 Å². The summed E-state index contributed by atoms with van der Waals surface area (Å²) in [5.41, 5.74) is 2.58. The molecule has 3 atom stereocenters. The molecule has 0 aliphatic carbocycles. The molecule has 2 aliphatic rings. The maximum Gasteiger partial charge on any atom is 0.411 e. The van der Waals surface area contributed by atoms with E-state index in [0.29, 0.717) is 13.0 Å². The maximum atomic E-state index is 13.0. The number of rotatable bonds is 5.